The second-order valence-electron chi connectivity index (χ2n) is 7.80. The maximum Gasteiger partial charge on any atom is 0.341 e. The molecule has 0 aromatic heterocycles. The third-order valence-electron chi connectivity index (χ3n) is 5.26. The molecule has 0 radical (unpaired) electrons. The fourth-order valence-electron chi connectivity index (χ4n) is 3.00. The van der Waals surface area contributed by atoms with E-state index in [2.05, 4.69) is 12.2 Å². The van der Waals surface area contributed by atoms with E-state index in [4.69, 9.17) is 4.74 Å². The molecule has 28 heavy (non-hydrogen) atoms. The standard InChI is InChI=1S/C20H29N3O5/c1-13(2)15(4)21-19(24)12-28-20(25)17-11-16(23(26)27)5-6-18(17)22-9-7-14(3)8-10-22/h5-6,11,13-15H,7-10,12H2,1-4H3,(H,21,24)/t15-/m0/s1. The van der Waals surface area contributed by atoms with E-state index in [1.54, 1.807) is 6.07 Å². The smallest absolute Gasteiger partial charge is 0.341 e. The van der Waals surface area contributed by atoms with Crippen molar-refractivity contribution in [2.45, 2.75) is 46.6 Å². The lowest BCUT2D eigenvalue weighted by molar-refractivity contribution is -0.384. The Morgan fingerprint density at radius 1 is 1.29 bits per heavy atom. The number of anilines is 1. The Bertz CT molecular complexity index is 727. The van der Waals surface area contributed by atoms with Gasteiger partial charge in [0.1, 0.15) is 0 Å². The van der Waals surface area contributed by atoms with Gasteiger partial charge in [0.2, 0.25) is 0 Å². The molecule has 2 rings (SSSR count). The highest BCUT2D eigenvalue weighted by atomic mass is 16.6. The number of nitro benzene ring substituents is 1. The molecule has 1 aliphatic heterocycles. The van der Waals surface area contributed by atoms with Crippen LogP contribution in [0.4, 0.5) is 11.4 Å². The van der Waals surface area contributed by atoms with Crippen LogP contribution < -0.4 is 10.2 Å². The van der Waals surface area contributed by atoms with Crippen LogP contribution in [-0.4, -0.2) is 42.5 Å². The number of benzene rings is 1. The van der Waals surface area contributed by atoms with Gasteiger partial charge >= 0.3 is 5.97 Å². The Hall–Kier alpha value is -2.64. The topological polar surface area (TPSA) is 102 Å². The van der Waals surface area contributed by atoms with Crippen LogP contribution in [-0.2, 0) is 9.53 Å². The molecular weight excluding hydrogens is 362 g/mol. The Labute approximate surface area is 165 Å². The third-order valence-corrected chi connectivity index (χ3v) is 5.26. The molecule has 1 atom stereocenters. The summed E-state index contributed by atoms with van der Waals surface area (Å²) < 4.78 is 5.16. The van der Waals surface area contributed by atoms with Crippen molar-refractivity contribution < 1.29 is 19.2 Å². The number of nitrogens with zero attached hydrogens (tertiary/aromatic N) is 2. The number of nitro groups is 1. The van der Waals surface area contributed by atoms with E-state index in [9.17, 15) is 19.7 Å². The number of ether oxygens (including phenoxy) is 1. The van der Waals surface area contributed by atoms with Crippen molar-refractivity contribution in [1.29, 1.82) is 0 Å². The summed E-state index contributed by atoms with van der Waals surface area (Å²) in [5.74, 6) is -0.265. The van der Waals surface area contributed by atoms with Crippen LogP contribution >= 0.6 is 0 Å². The monoisotopic (exact) mass is 391 g/mol. The highest BCUT2D eigenvalue weighted by molar-refractivity contribution is 5.97. The van der Waals surface area contributed by atoms with Crippen LogP contribution in [0.1, 0.15) is 50.9 Å². The van der Waals surface area contributed by atoms with Gasteiger partial charge in [-0.3, -0.25) is 14.9 Å². The van der Waals surface area contributed by atoms with Crippen molar-refractivity contribution in [3.05, 3.63) is 33.9 Å². The first-order valence-corrected chi connectivity index (χ1v) is 9.69. The molecule has 1 saturated heterocycles. The average Bonchev–Trinajstić information content (AvgIpc) is 2.66. The normalized spacial score (nSPS) is 16.0. The second-order valence-corrected chi connectivity index (χ2v) is 7.80. The molecule has 0 unspecified atom stereocenters. The van der Waals surface area contributed by atoms with Crippen LogP contribution in [0.15, 0.2) is 18.2 Å². The van der Waals surface area contributed by atoms with Gasteiger partial charge in [-0.15, -0.1) is 0 Å². The number of nitrogens with one attached hydrogen (secondary N) is 1. The zero-order valence-electron chi connectivity index (χ0n) is 16.9. The van der Waals surface area contributed by atoms with Crippen molar-refractivity contribution in [3.63, 3.8) is 0 Å². The largest absolute Gasteiger partial charge is 0.452 e. The van der Waals surface area contributed by atoms with E-state index in [0.29, 0.717) is 11.6 Å². The molecule has 8 nitrogen and oxygen atoms in total. The number of esters is 1. The summed E-state index contributed by atoms with van der Waals surface area (Å²) in [5, 5.41) is 13.9. The van der Waals surface area contributed by atoms with Gasteiger partial charge < -0.3 is 15.0 Å². The summed E-state index contributed by atoms with van der Waals surface area (Å²) in [5.41, 5.74) is 0.547. The van der Waals surface area contributed by atoms with Crippen LogP contribution in [0.5, 0.6) is 0 Å². The molecule has 1 aliphatic rings. The van der Waals surface area contributed by atoms with E-state index in [-0.39, 0.29) is 23.2 Å². The Balaban J connectivity index is 2.14. The lowest BCUT2D eigenvalue weighted by Crippen LogP contribution is -2.39. The van der Waals surface area contributed by atoms with Gasteiger partial charge in [-0.05, 0) is 37.7 Å². The molecule has 0 spiro atoms. The van der Waals surface area contributed by atoms with E-state index < -0.39 is 23.4 Å². The first kappa shape index (κ1) is 21.7. The minimum absolute atomic E-state index is 0.0464. The van der Waals surface area contributed by atoms with Crippen molar-refractivity contribution in [2.24, 2.45) is 11.8 Å². The van der Waals surface area contributed by atoms with Gasteiger partial charge in [-0.2, -0.15) is 0 Å². The number of non-ortho nitro benzene ring substituents is 1. The lowest BCUT2D eigenvalue weighted by atomic mass is 9.98. The van der Waals surface area contributed by atoms with Gasteiger partial charge in [0.25, 0.3) is 11.6 Å². The predicted molar refractivity (Wildman–Crippen MR) is 106 cm³/mol. The molecule has 154 valence electrons. The molecular formula is C20H29N3O5. The SMILES string of the molecule is CC1CCN(c2ccc([N+](=O)[O-])cc2C(=O)OCC(=O)N[C@@H](C)C(C)C)CC1. The summed E-state index contributed by atoms with van der Waals surface area (Å²) in [7, 11) is 0. The Morgan fingerprint density at radius 3 is 2.50 bits per heavy atom. The van der Waals surface area contributed by atoms with Crippen LogP contribution in [0.2, 0.25) is 0 Å². The summed E-state index contributed by atoms with van der Waals surface area (Å²) in [6.07, 6.45) is 1.97. The van der Waals surface area contributed by atoms with E-state index >= 15 is 0 Å². The quantitative estimate of drug-likeness (QED) is 0.435. The van der Waals surface area contributed by atoms with E-state index in [0.717, 1.165) is 25.9 Å². The zero-order chi connectivity index (χ0) is 20.8. The van der Waals surface area contributed by atoms with Gasteiger partial charge in [-0.25, -0.2) is 4.79 Å². The number of piperidine rings is 1. The fraction of sp³-hybridized carbons (Fsp3) is 0.600. The summed E-state index contributed by atoms with van der Waals surface area (Å²) in [6, 6.07) is 4.16. The first-order chi connectivity index (χ1) is 13.2. The van der Waals surface area contributed by atoms with Crippen LogP contribution in [0.25, 0.3) is 0 Å². The number of carbonyl (C=O) groups excluding carboxylic acids is 2. The third kappa shape index (κ3) is 5.68. The van der Waals surface area contributed by atoms with Gasteiger partial charge in [-0.1, -0.05) is 20.8 Å². The lowest BCUT2D eigenvalue weighted by Gasteiger charge is -2.33. The summed E-state index contributed by atoms with van der Waals surface area (Å²) >= 11 is 0. The summed E-state index contributed by atoms with van der Waals surface area (Å²) in [4.78, 5) is 37.2. The highest BCUT2D eigenvalue weighted by Gasteiger charge is 2.25. The number of hydrogen-bond donors (Lipinski definition) is 1. The van der Waals surface area contributed by atoms with Crippen molar-refractivity contribution in [1.82, 2.24) is 5.32 Å². The van der Waals surface area contributed by atoms with Crippen molar-refractivity contribution in [3.8, 4) is 0 Å². The number of amides is 1. The molecule has 1 aromatic rings. The zero-order valence-corrected chi connectivity index (χ0v) is 16.9. The maximum atomic E-state index is 12.6. The molecule has 0 saturated carbocycles. The minimum Gasteiger partial charge on any atom is -0.452 e. The number of carbonyl (C=O) groups is 2. The molecule has 0 bridgehead atoms. The maximum absolute atomic E-state index is 12.6. The van der Waals surface area contributed by atoms with E-state index in [1.807, 2.05) is 25.7 Å². The van der Waals surface area contributed by atoms with Crippen molar-refractivity contribution in [2.75, 3.05) is 24.6 Å². The summed E-state index contributed by atoms with van der Waals surface area (Å²) in [6.45, 7) is 9.13. The average molecular weight is 391 g/mol. The molecule has 0 aliphatic carbocycles. The van der Waals surface area contributed by atoms with Crippen LogP contribution in [0, 0.1) is 22.0 Å². The van der Waals surface area contributed by atoms with Gasteiger partial charge in [0.05, 0.1) is 16.2 Å². The first-order valence-electron chi connectivity index (χ1n) is 9.69. The van der Waals surface area contributed by atoms with Crippen LogP contribution in [0.3, 0.4) is 0 Å². The number of hydrogen-bond acceptors (Lipinski definition) is 6. The number of rotatable bonds is 7. The molecule has 1 aromatic carbocycles. The molecule has 8 heteroatoms. The highest BCUT2D eigenvalue weighted by Crippen LogP contribution is 2.29. The Morgan fingerprint density at radius 2 is 1.93 bits per heavy atom. The van der Waals surface area contributed by atoms with Crippen molar-refractivity contribution >= 4 is 23.3 Å². The van der Waals surface area contributed by atoms with E-state index in [1.165, 1.54) is 12.1 Å². The van der Waals surface area contributed by atoms with Gasteiger partial charge in [0.15, 0.2) is 6.61 Å². The predicted octanol–water partition coefficient (Wildman–Crippen LogP) is 3.15. The Kier molecular flexibility index (Phi) is 7.37. The molecule has 1 fully saturated rings. The molecule has 1 N–H and O–H groups in total. The fourth-order valence-corrected chi connectivity index (χ4v) is 3.00. The second kappa shape index (κ2) is 9.52. The van der Waals surface area contributed by atoms with Gasteiger partial charge in [0, 0.05) is 31.3 Å². The molecule has 1 heterocycles. The minimum atomic E-state index is -0.732. The molecule has 1 amide bonds.